The number of hydrogen-bond acceptors (Lipinski definition) is 2. The molecule has 0 heterocycles. The van der Waals surface area contributed by atoms with Gasteiger partial charge in [-0.05, 0) is 13.3 Å². The normalized spacial score (nSPS) is 11.7. The molecular weight excluding hydrogens is 166 g/mol. The fraction of sp³-hybridized carbons (Fsp3) is 0.750. The highest BCUT2D eigenvalue weighted by Gasteiger charge is 2.38. The highest BCUT2D eigenvalue weighted by atomic mass is 31.2. The van der Waals surface area contributed by atoms with E-state index in [2.05, 4.69) is 0 Å². The topological polar surface area (TPSA) is 40.9 Å². The van der Waals surface area contributed by atoms with Gasteiger partial charge in [-0.1, -0.05) is 0 Å². The van der Waals surface area contributed by atoms with Gasteiger partial charge in [0.15, 0.2) is 0 Å². The Morgan fingerprint density at radius 2 is 1.40 bits per heavy atom. The van der Waals surface area contributed by atoms with Gasteiger partial charge in [0, 0.05) is 0 Å². The largest absolute Gasteiger partial charge is 0.419 e. The Kier molecular flexibility index (Phi) is 4.65. The summed E-state index contributed by atoms with van der Waals surface area (Å²) < 4.78 is 34.3. The van der Waals surface area contributed by atoms with Crippen LogP contribution in [0.4, 0.5) is 13.2 Å². The molecule has 0 saturated carbocycles. The fourth-order valence-electron chi connectivity index (χ4n) is 0. The van der Waals surface area contributed by atoms with Crippen LogP contribution in [0.2, 0.25) is 0 Å². The number of hydrogen-bond donors (Lipinski definition) is 1. The van der Waals surface area contributed by atoms with Crippen molar-refractivity contribution in [2.75, 3.05) is 13.3 Å². The molecule has 0 spiro atoms. The van der Waals surface area contributed by atoms with E-state index in [4.69, 9.17) is 9.96 Å². The Morgan fingerprint density at radius 1 is 1.30 bits per heavy atom. The Hall–Kier alpha value is -0.310. The number of alkyl halides is 3. The van der Waals surface area contributed by atoms with Crippen LogP contribution in [-0.4, -0.2) is 26.0 Å². The smallest absolute Gasteiger partial charge is 0.310 e. The first-order valence-electron chi connectivity index (χ1n) is 2.20. The molecule has 6 heteroatoms. The summed E-state index contributed by atoms with van der Waals surface area (Å²) in [5, 5.41) is 6.57. The van der Waals surface area contributed by atoms with Gasteiger partial charge >= 0.3 is 5.92 Å². The second-order valence-corrected chi connectivity index (χ2v) is 5.34. The first kappa shape index (κ1) is 12.4. The summed E-state index contributed by atoms with van der Waals surface area (Å²) in [6.45, 7) is 3.85. The van der Waals surface area contributed by atoms with Crippen molar-refractivity contribution in [3.63, 3.8) is 0 Å². The highest BCUT2D eigenvalue weighted by molar-refractivity contribution is 7.64. The SMILES string of the molecule is C=O.CP(C)(=N)C(F)(F)F. The predicted molar refractivity (Wildman–Crippen MR) is 34.7 cm³/mol. The molecule has 0 amide bonds. The van der Waals surface area contributed by atoms with Crippen molar-refractivity contribution < 1.29 is 18.0 Å². The molecule has 10 heavy (non-hydrogen) atoms. The molecule has 0 bridgehead atoms. The first-order valence-corrected chi connectivity index (χ1v) is 4.88. The van der Waals surface area contributed by atoms with Crippen LogP contribution in [0, 0.1) is 5.16 Å². The summed E-state index contributed by atoms with van der Waals surface area (Å²) in [6.07, 6.45) is 0. The number of carbonyl (C=O) groups is 1. The molecule has 2 nitrogen and oxygen atoms in total. The predicted octanol–water partition coefficient (Wildman–Crippen LogP) is 2.36. The molecule has 1 N–H and O–H groups in total. The monoisotopic (exact) mass is 175 g/mol. The van der Waals surface area contributed by atoms with Crippen LogP contribution in [0.5, 0.6) is 0 Å². The van der Waals surface area contributed by atoms with Gasteiger partial charge in [-0.3, -0.25) is 0 Å². The maximum atomic E-state index is 11.4. The van der Waals surface area contributed by atoms with E-state index < -0.39 is 13.0 Å². The lowest BCUT2D eigenvalue weighted by molar-refractivity contribution is -0.0980. The lowest BCUT2D eigenvalue weighted by atomic mass is 11.5. The Labute approximate surface area is 57.3 Å². The summed E-state index contributed by atoms with van der Waals surface area (Å²) in [4.78, 5) is 8.00. The summed E-state index contributed by atoms with van der Waals surface area (Å²) >= 11 is 0. The molecule has 0 aliphatic carbocycles. The van der Waals surface area contributed by atoms with Crippen LogP contribution >= 0.6 is 7.05 Å². The van der Waals surface area contributed by atoms with Gasteiger partial charge in [0.25, 0.3) is 0 Å². The molecule has 0 saturated heterocycles. The molecule has 0 rings (SSSR count). The van der Waals surface area contributed by atoms with Crippen LogP contribution in [-0.2, 0) is 4.79 Å². The number of rotatable bonds is 0. The summed E-state index contributed by atoms with van der Waals surface area (Å²) in [5.74, 6) is -4.28. The molecule has 0 aliphatic rings. The molecule has 62 valence electrons. The maximum absolute atomic E-state index is 11.4. The second kappa shape index (κ2) is 3.76. The minimum Gasteiger partial charge on any atom is -0.310 e. The molecule has 0 aromatic rings. The molecule has 0 aliphatic heterocycles. The molecular formula is C4H9F3NOP. The number of halogens is 3. The van der Waals surface area contributed by atoms with Crippen molar-refractivity contribution in [3.05, 3.63) is 0 Å². The Balaban J connectivity index is 0. The highest BCUT2D eigenvalue weighted by Crippen LogP contribution is 2.55. The molecule has 0 fully saturated rings. The molecule has 0 radical (unpaired) electrons. The number of nitrogens with one attached hydrogen (secondary N) is 1. The third-order valence-corrected chi connectivity index (χ3v) is 1.90. The van der Waals surface area contributed by atoms with Crippen molar-refractivity contribution in [1.29, 1.82) is 5.16 Å². The van der Waals surface area contributed by atoms with Crippen molar-refractivity contribution in [2.45, 2.75) is 5.92 Å². The average Bonchev–Trinajstić information content (AvgIpc) is 1.66. The third-order valence-electron chi connectivity index (χ3n) is 0.634. The maximum Gasteiger partial charge on any atom is 0.419 e. The second-order valence-electron chi connectivity index (χ2n) is 1.92. The van der Waals surface area contributed by atoms with Gasteiger partial charge < -0.3 is 9.96 Å². The lowest BCUT2D eigenvalue weighted by Crippen LogP contribution is -2.05. The Morgan fingerprint density at radius 3 is 1.40 bits per heavy atom. The van der Waals surface area contributed by atoms with Crippen LogP contribution in [0.1, 0.15) is 0 Å². The minimum absolute atomic E-state index is 0.924. The summed E-state index contributed by atoms with van der Waals surface area (Å²) in [7, 11) is -3.35. The summed E-state index contributed by atoms with van der Waals surface area (Å²) in [6, 6.07) is 0. The third kappa shape index (κ3) is 4.56. The zero-order chi connectivity index (χ0) is 9.00. The quantitative estimate of drug-likeness (QED) is 0.564. The van der Waals surface area contributed by atoms with E-state index in [0.29, 0.717) is 0 Å². The van der Waals surface area contributed by atoms with E-state index in [1.807, 2.05) is 6.79 Å². The van der Waals surface area contributed by atoms with E-state index >= 15 is 0 Å². The van der Waals surface area contributed by atoms with E-state index in [1.165, 1.54) is 0 Å². The fourth-order valence-corrected chi connectivity index (χ4v) is 0. The van der Waals surface area contributed by atoms with Crippen molar-refractivity contribution >= 4 is 13.8 Å². The average molecular weight is 175 g/mol. The van der Waals surface area contributed by atoms with E-state index in [9.17, 15) is 13.2 Å². The summed E-state index contributed by atoms with van der Waals surface area (Å²) in [5.41, 5.74) is 0. The molecule has 0 aromatic heterocycles. The zero-order valence-electron chi connectivity index (χ0n) is 5.70. The van der Waals surface area contributed by atoms with Gasteiger partial charge in [-0.2, -0.15) is 13.2 Å². The van der Waals surface area contributed by atoms with Crippen LogP contribution in [0.3, 0.4) is 0 Å². The first-order chi connectivity index (χ1) is 4.25. The van der Waals surface area contributed by atoms with Crippen molar-refractivity contribution in [3.8, 4) is 0 Å². The van der Waals surface area contributed by atoms with Crippen molar-refractivity contribution in [2.24, 2.45) is 0 Å². The molecule has 0 unspecified atom stereocenters. The van der Waals surface area contributed by atoms with Gasteiger partial charge in [0.1, 0.15) is 6.79 Å². The molecule has 0 atom stereocenters. The van der Waals surface area contributed by atoms with Crippen molar-refractivity contribution in [1.82, 2.24) is 0 Å². The van der Waals surface area contributed by atoms with Gasteiger partial charge in [-0.15, -0.1) is 0 Å². The Bertz CT molecular complexity index is 138. The zero-order valence-corrected chi connectivity index (χ0v) is 6.59. The van der Waals surface area contributed by atoms with Gasteiger partial charge in [0.2, 0.25) is 0 Å². The minimum atomic E-state index is -4.28. The van der Waals surface area contributed by atoms with Crippen LogP contribution in [0.15, 0.2) is 0 Å². The van der Waals surface area contributed by atoms with E-state index in [1.54, 1.807) is 0 Å². The van der Waals surface area contributed by atoms with Gasteiger partial charge in [-0.25, -0.2) is 0 Å². The standard InChI is InChI=1S/C3H7F3NP.CH2O/c1-8(2,7)3(4,5)6;1-2/h7H,1-2H3;1H2. The van der Waals surface area contributed by atoms with E-state index in [-0.39, 0.29) is 0 Å². The number of carbonyl (C=O) groups excluding carboxylic acids is 1. The van der Waals surface area contributed by atoms with Gasteiger partial charge in [0.05, 0.1) is 7.05 Å². The molecule has 0 aromatic carbocycles. The van der Waals surface area contributed by atoms with Crippen LogP contribution < -0.4 is 0 Å². The van der Waals surface area contributed by atoms with Crippen LogP contribution in [0.25, 0.3) is 0 Å². The van der Waals surface area contributed by atoms with E-state index in [0.717, 1.165) is 13.3 Å². The lowest BCUT2D eigenvalue weighted by Gasteiger charge is -2.13.